The molecule has 0 saturated carbocycles. The first kappa shape index (κ1) is 15.4. The number of aromatic nitrogens is 1. The highest BCUT2D eigenvalue weighted by Gasteiger charge is 2.22. The third-order valence-corrected chi connectivity index (χ3v) is 4.04. The number of rotatable bonds is 4. The molecule has 1 atom stereocenters. The van der Waals surface area contributed by atoms with Crippen LogP contribution in [0.5, 0.6) is 0 Å². The number of anilines is 1. The number of nitrogens with zero attached hydrogens (tertiary/aromatic N) is 3. The van der Waals surface area contributed by atoms with Crippen LogP contribution < -0.4 is 5.32 Å². The normalized spacial score (nSPS) is 14.8. The second-order valence-corrected chi connectivity index (χ2v) is 5.94. The van der Waals surface area contributed by atoms with Crippen LogP contribution in [0, 0.1) is 0 Å². The van der Waals surface area contributed by atoms with Crippen LogP contribution in [0.3, 0.4) is 0 Å². The molecule has 2 heterocycles. The van der Waals surface area contributed by atoms with E-state index in [0.29, 0.717) is 17.2 Å². The summed E-state index contributed by atoms with van der Waals surface area (Å²) in [6.45, 7) is 0. The van der Waals surface area contributed by atoms with Gasteiger partial charge < -0.3 is 10.4 Å². The number of pyridine rings is 1. The van der Waals surface area contributed by atoms with Crippen LogP contribution in [-0.2, 0) is 4.79 Å². The summed E-state index contributed by atoms with van der Waals surface area (Å²) < 4.78 is 0. The number of aliphatic hydroxyl groups excluding tert-OH is 1. The fourth-order valence-corrected chi connectivity index (χ4v) is 2.73. The Hall–Kier alpha value is -2.51. The molecular weight excluding hydrogens is 312 g/mol. The Morgan fingerprint density at radius 2 is 2.00 bits per heavy atom. The van der Waals surface area contributed by atoms with E-state index in [1.807, 2.05) is 30.3 Å². The van der Waals surface area contributed by atoms with E-state index >= 15 is 0 Å². The SMILES string of the molecule is O=C(Nc1ccccc1)C(O)SC1=NN=C(c2cccnc2)C1. The van der Waals surface area contributed by atoms with Crippen LogP contribution in [0.15, 0.2) is 65.1 Å². The quantitative estimate of drug-likeness (QED) is 0.844. The molecule has 2 aromatic rings. The van der Waals surface area contributed by atoms with Gasteiger partial charge in [0.25, 0.3) is 5.91 Å². The maximum atomic E-state index is 12.0. The first-order chi connectivity index (χ1) is 11.2. The fraction of sp³-hybridized carbons (Fsp3) is 0.125. The predicted octanol–water partition coefficient (Wildman–Crippen LogP) is 2.28. The number of carbonyl (C=O) groups excluding carboxylic acids is 1. The predicted molar refractivity (Wildman–Crippen MR) is 91.5 cm³/mol. The number of aliphatic hydroxyl groups is 1. The summed E-state index contributed by atoms with van der Waals surface area (Å²) in [5.74, 6) is -0.487. The molecule has 0 saturated heterocycles. The van der Waals surface area contributed by atoms with Gasteiger partial charge in [0.15, 0.2) is 5.44 Å². The standard InChI is InChI=1S/C16H14N4O2S/c21-15(18-12-6-2-1-3-7-12)16(22)23-14-9-13(19-20-14)11-5-4-8-17-10-11/h1-8,10,16,22H,9H2,(H,18,21). The molecule has 3 rings (SSSR count). The third kappa shape index (κ3) is 4.02. The minimum Gasteiger partial charge on any atom is -0.373 e. The zero-order chi connectivity index (χ0) is 16.1. The van der Waals surface area contributed by atoms with Gasteiger partial charge in [-0.05, 0) is 24.3 Å². The van der Waals surface area contributed by atoms with Crippen molar-refractivity contribution >= 4 is 34.1 Å². The summed E-state index contributed by atoms with van der Waals surface area (Å²) in [5, 5.41) is 21.4. The maximum absolute atomic E-state index is 12.0. The van der Waals surface area contributed by atoms with Crippen LogP contribution in [0.25, 0.3) is 0 Å². The lowest BCUT2D eigenvalue weighted by Crippen LogP contribution is -2.26. The molecule has 1 amide bonds. The molecule has 0 spiro atoms. The van der Waals surface area contributed by atoms with Crippen LogP contribution >= 0.6 is 11.8 Å². The summed E-state index contributed by atoms with van der Waals surface area (Å²) in [5.41, 5.74) is 1.06. The average Bonchev–Trinajstić information content (AvgIpc) is 3.05. The Morgan fingerprint density at radius 1 is 1.17 bits per heavy atom. The zero-order valence-electron chi connectivity index (χ0n) is 12.1. The van der Waals surface area contributed by atoms with E-state index in [-0.39, 0.29) is 0 Å². The molecule has 116 valence electrons. The van der Waals surface area contributed by atoms with Crippen molar-refractivity contribution in [1.29, 1.82) is 0 Å². The van der Waals surface area contributed by atoms with Gasteiger partial charge in [0.2, 0.25) is 0 Å². The number of thioether (sulfide) groups is 1. The number of carbonyl (C=O) groups is 1. The molecule has 0 radical (unpaired) electrons. The lowest BCUT2D eigenvalue weighted by Gasteiger charge is -2.10. The van der Waals surface area contributed by atoms with E-state index in [1.54, 1.807) is 24.5 Å². The van der Waals surface area contributed by atoms with Gasteiger partial charge in [0, 0.05) is 30.1 Å². The van der Waals surface area contributed by atoms with Crippen molar-refractivity contribution in [2.24, 2.45) is 10.2 Å². The van der Waals surface area contributed by atoms with Gasteiger partial charge in [0.05, 0.1) is 5.71 Å². The Kier molecular flexibility index (Phi) is 4.80. The van der Waals surface area contributed by atoms with Gasteiger partial charge in [-0.3, -0.25) is 9.78 Å². The van der Waals surface area contributed by atoms with E-state index in [9.17, 15) is 9.90 Å². The topological polar surface area (TPSA) is 86.9 Å². The van der Waals surface area contributed by atoms with Crippen molar-refractivity contribution in [1.82, 2.24) is 4.98 Å². The molecule has 1 unspecified atom stereocenters. The Morgan fingerprint density at radius 3 is 2.74 bits per heavy atom. The molecule has 23 heavy (non-hydrogen) atoms. The van der Waals surface area contributed by atoms with Crippen molar-refractivity contribution in [2.75, 3.05) is 5.32 Å². The summed E-state index contributed by atoms with van der Waals surface area (Å²) in [6, 6.07) is 12.7. The molecule has 0 bridgehead atoms. The van der Waals surface area contributed by atoms with Crippen molar-refractivity contribution in [2.45, 2.75) is 11.9 Å². The molecule has 1 aliphatic heterocycles. The van der Waals surface area contributed by atoms with Crippen molar-refractivity contribution in [3.8, 4) is 0 Å². The van der Waals surface area contributed by atoms with Gasteiger partial charge in [-0.1, -0.05) is 30.0 Å². The second kappa shape index (κ2) is 7.17. The number of hydrogen-bond acceptors (Lipinski definition) is 6. The van der Waals surface area contributed by atoms with Gasteiger partial charge >= 0.3 is 0 Å². The smallest absolute Gasteiger partial charge is 0.264 e. The fourth-order valence-electron chi connectivity index (χ4n) is 2.00. The van der Waals surface area contributed by atoms with Gasteiger partial charge in [-0.15, -0.1) is 5.10 Å². The summed E-state index contributed by atoms with van der Waals surface area (Å²) in [6.07, 6.45) is 3.87. The van der Waals surface area contributed by atoms with Crippen LogP contribution in [0.2, 0.25) is 0 Å². The molecule has 6 nitrogen and oxygen atoms in total. The van der Waals surface area contributed by atoms with E-state index < -0.39 is 11.3 Å². The highest BCUT2D eigenvalue weighted by molar-refractivity contribution is 8.14. The minimum absolute atomic E-state index is 0.478. The van der Waals surface area contributed by atoms with Gasteiger partial charge in [-0.2, -0.15) is 5.10 Å². The van der Waals surface area contributed by atoms with Crippen molar-refractivity contribution in [3.05, 3.63) is 60.4 Å². The molecule has 2 N–H and O–H groups in total. The van der Waals surface area contributed by atoms with Crippen molar-refractivity contribution in [3.63, 3.8) is 0 Å². The van der Waals surface area contributed by atoms with E-state index in [4.69, 9.17) is 0 Å². The minimum atomic E-state index is -1.24. The van der Waals surface area contributed by atoms with Crippen LogP contribution in [0.1, 0.15) is 12.0 Å². The van der Waals surface area contributed by atoms with Gasteiger partial charge in [0.1, 0.15) is 5.04 Å². The Bertz CT molecular complexity index is 747. The number of amides is 1. The summed E-state index contributed by atoms with van der Waals surface area (Å²) >= 11 is 0.991. The molecule has 1 aromatic carbocycles. The lowest BCUT2D eigenvalue weighted by atomic mass is 10.1. The van der Waals surface area contributed by atoms with Crippen LogP contribution in [-0.4, -0.2) is 32.2 Å². The Balaban J connectivity index is 1.53. The zero-order valence-corrected chi connectivity index (χ0v) is 12.9. The maximum Gasteiger partial charge on any atom is 0.264 e. The Labute approximate surface area is 137 Å². The van der Waals surface area contributed by atoms with E-state index in [0.717, 1.165) is 23.0 Å². The van der Waals surface area contributed by atoms with Gasteiger partial charge in [-0.25, -0.2) is 0 Å². The van der Waals surface area contributed by atoms with Crippen LogP contribution in [0.4, 0.5) is 5.69 Å². The monoisotopic (exact) mass is 326 g/mol. The second-order valence-electron chi connectivity index (χ2n) is 4.78. The highest BCUT2D eigenvalue weighted by Crippen LogP contribution is 2.22. The number of benzene rings is 1. The number of hydrogen-bond donors (Lipinski definition) is 2. The highest BCUT2D eigenvalue weighted by atomic mass is 32.2. The number of nitrogens with one attached hydrogen (secondary N) is 1. The van der Waals surface area contributed by atoms with E-state index in [2.05, 4.69) is 20.5 Å². The molecule has 7 heteroatoms. The van der Waals surface area contributed by atoms with Crippen molar-refractivity contribution < 1.29 is 9.90 Å². The third-order valence-electron chi connectivity index (χ3n) is 3.11. The first-order valence-electron chi connectivity index (χ1n) is 6.97. The summed E-state index contributed by atoms with van der Waals surface area (Å²) in [7, 11) is 0. The van der Waals surface area contributed by atoms with E-state index in [1.165, 1.54) is 0 Å². The molecule has 0 aliphatic carbocycles. The average molecular weight is 326 g/mol. The first-order valence-corrected chi connectivity index (χ1v) is 7.85. The molecule has 1 aliphatic rings. The lowest BCUT2D eigenvalue weighted by molar-refractivity contribution is -0.120. The largest absolute Gasteiger partial charge is 0.373 e. The molecule has 0 fully saturated rings. The molecule has 1 aromatic heterocycles. The molecular formula is C16H14N4O2S. The summed E-state index contributed by atoms with van der Waals surface area (Å²) in [4.78, 5) is 16.0. The number of para-hydroxylation sites is 1.